The summed E-state index contributed by atoms with van der Waals surface area (Å²) in [4.78, 5) is 17.2. The van der Waals surface area contributed by atoms with Crippen LogP contribution in [0.1, 0.15) is 5.56 Å². The molecule has 0 atom stereocenters. The van der Waals surface area contributed by atoms with Gasteiger partial charge in [-0.25, -0.2) is 19.9 Å². The minimum atomic E-state index is -0.213. The minimum absolute atomic E-state index is 0.213. The second-order valence-electron chi connectivity index (χ2n) is 6.85. The van der Waals surface area contributed by atoms with Crippen molar-refractivity contribution in [2.75, 3.05) is 5.32 Å². The molecule has 0 fully saturated rings. The van der Waals surface area contributed by atoms with Crippen LogP contribution < -0.4 is 5.32 Å². The van der Waals surface area contributed by atoms with Crippen LogP contribution >= 0.6 is 11.6 Å². The van der Waals surface area contributed by atoms with Gasteiger partial charge in [0.1, 0.15) is 12.0 Å². The van der Waals surface area contributed by atoms with Crippen molar-refractivity contribution >= 4 is 28.3 Å². The lowest BCUT2D eigenvalue weighted by atomic mass is 10.0. The van der Waals surface area contributed by atoms with Crippen LogP contribution in [0.15, 0.2) is 67.4 Å². The van der Waals surface area contributed by atoms with E-state index in [1.165, 1.54) is 6.33 Å². The highest BCUT2D eigenvalue weighted by Gasteiger charge is 2.18. The van der Waals surface area contributed by atoms with Gasteiger partial charge in [-0.3, -0.25) is 5.10 Å². The summed E-state index contributed by atoms with van der Waals surface area (Å²) in [6.45, 7) is 0.392. The summed E-state index contributed by atoms with van der Waals surface area (Å²) in [6, 6.07) is 13.4. The van der Waals surface area contributed by atoms with Crippen molar-refractivity contribution in [3.63, 3.8) is 0 Å². The van der Waals surface area contributed by atoms with Crippen LogP contribution in [0.4, 0.5) is 5.82 Å². The molecular formula is C22H16ClN7O. The van der Waals surface area contributed by atoms with Gasteiger partial charge in [-0.15, -0.1) is 0 Å². The SMILES string of the molecule is Oc1nc(-c2cc(Cl)c3[nH]ncc3c2)c(-c2ccccc2)nc1NCc1cncnc1. The molecule has 0 radical (unpaired) electrons. The van der Waals surface area contributed by atoms with Gasteiger partial charge < -0.3 is 10.4 Å². The van der Waals surface area contributed by atoms with E-state index in [4.69, 9.17) is 16.6 Å². The van der Waals surface area contributed by atoms with Crippen LogP contribution in [-0.2, 0) is 6.54 Å². The van der Waals surface area contributed by atoms with Crippen molar-refractivity contribution in [3.8, 4) is 28.4 Å². The van der Waals surface area contributed by atoms with Crippen LogP contribution in [0.25, 0.3) is 33.4 Å². The summed E-state index contributed by atoms with van der Waals surface area (Å²) in [5, 5.41) is 22.0. The van der Waals surface area contributed by atoms with E-state index in [-0.39, 0.29) is 11.7 Å². The van der Waals surface area contributed by atoms with E-state index >= 15 is 0 Å². The fraction of sp³-hybridized carbons (Fsp3) is 0.0455. The topological polar surface area (TPSA) is 112 Å². The molecule has 0 spiro atoms. The first-order valence-electron chi connectivity index (χ1n) is 9.46. The molecule has 3 heterocycles. The monoisotopic (exact) mass is 429 g/mol. The Bertz CT molecular complexity index is 1360. The molecule has 0 aliphatic carbocycles. The minimum Gasteiger partial charge on any atom is -0.491 e. The number of hydrogen-bond donors (Lipinski definition) is 3. The van der Waals surface area contributed by atoms with Crippen LogP contribution in [0.2, 0.25) is 5.02 Å². The first kappa shape index (κ1) is 19.0. The zero-order valence-corrected chi connectivity index (χ0v) is 16.9. The Morgan fingerprint density at radius 1 is 0.935 bits per heavy atom. The Kier molecular flexibility index (Phi) is 4.89. The number of anilines is 1. The van der Waals surface area contributed by atoms with E-state index in [0.717, 1.165) is 27.6 Å². The predicted octanol–water partition coefficient (Wildman–Crippen LogP) is 4.45. The van der Waals surface area contributed by atoms with Gasteiger partial charge in [0.2, 0.25) is 0 Å². The quantitative estimate of drug-likeness (QED) is 0.378. The van der Waals surface area contributed by atoms with Gasteiger partial charge in [-0.2, -0.15) is 5.10 Å². The number of aromatic hydroxyl groups is 1. The van der Waals surface area contributed by atoms with Crippen molar-refractivity contribution < 1.29 is 5.11 Å². The third-order valence-corrected chi connectivity index (χ3v) is 5.07. The van der Waals surface area contributed by atoms with Crippen LogP contribution in [0, 0.1) is 0 Å². The number of nitrogens with zero attached hydrogens (tertiary/aromatic N) is 5. The third kappa shape index (κ3) is 3.76. The average Bonchev–Trinajstić information content (AvgIpc) is 3.29. The van der Waals surface area contributed by atoms with E-state index in [1.54, 1.807) is 24.7 Å². The second kappa shape index (κ2) is 8.00. The molecule has 0 amide bonds. The highest BCUT2D eigenvalue weighted by Crippen LogP contribution is 2.36. The van der Waals surface area contributed by atoms with Gasteiger partial charge in [0.15, 0.2) is 5.82 Å². The van der Waals surface area contributed by atoms with Gasteiger partial charge >= 0.3 is 0 Å². The molecular weight excluding hydrogens is 414 g/mol. The van der Waals surface area contributed by atoms with E-state index in [2.05, 4.69) is 30.5 Å². The number of nitrogens with one attached hydrogen (secondary N) is 2. The maximum atomic E-state index is 10.6. The van der Waals surface area contributed by atoms with Crippen molar-refractivity contribution in [1.29, 1.82) is 0 Å². The molecule has 0 aliphatic rings. The number of halogens is 1. The highest BCUT2D eigenvalue weighted by molar-refractivity contribution is 6.35. The molecule has 3 N–H and O–H groups in total. The Labute approximate surface area is 182 Å². The summed E-state index contributed by atoms with van der Waals surface area (Å²) in [5.41, 5.74) is 4.31. The maximum Gasteiger partial charge on any atom is 0.255 e. The molecule has 31 heavy (non-hydrogen) atoms. The largest absolute Gasteiger partial charge is 0.491 e. The molecule has 5 aromatic rings. The molecule has 3 aromatic heterocycles. The molecule has 8 nitrogen and oxygen atoms in total. The highest BCUT2D eigenvalue weighted by atomic mass is 35.5. The first-order chi connectivity index (χ1) is 15.2. The van der Waals surface area contributed by atoms with E-state index in [0.29, 0.717) is 23.0 Å². The Hall–Kier alpha value is -4.04. The number of benzene rings is 2. The van der Waals surface area contributed by atoms with Gasteiger partial charge in [0.05, 0.1) is 22.4 Å². The summed E-state index contributed by atoms with van der Waals surface area (Å²) < 4.78 is 0. The summed E-state index contributed by atoms with van der Waals surface area (Å²) >= 11 is 6.43. The molecule has 0 unspecified atom stereocenters. The van der Waals surface area contributed by atoms with Crippen molar-refractivity contribution in [1.82, 2.24) is 30.1 Å². The van der Waals surface area contributed by atoms with Crippen LogP contribution in [-0.4, -0.2) is 35.2 Å². The van der Waals surface area contributed by atoms with Crippen molar-refractivity contribution in [3.05, 3.63) is 78.0 Å². The first-order valence-corrected chi connectivity index (χ1v) is 9.84. The lowest BCUT2D eigenvalue weighted by Gasteiger charge is -2.14. The smallest absolute Gasteiger partial charge is 0.255 e. The van der Waals surface area contributed by atoms with Crippen molar-refractivity contribution in [2.45, 2.75) is 6.54 Å². The van der Waals surface area contributed by atoms with E-state index in [9.17, 15) is 5.11 Å². The molecule has 9 heteroatoms. The number of H-pyrrole nitrogens is 1. The number of aromatic nitrogens is 6. The number of hydrogen-bond acceptors (Lipinski definition) is 7. The van der Waals surface area contributed by atoms with E-state index < -0.39 is 0 Å². The van der Waals surface area contributed by atoms with Gasteiger partial charge in [-0.05, 0) is 12.1 Å². The normalized spacial score (nSPS) is 11.0. The zero-order valence-electron chi connectivity index (χ0n) is 16.1. The summed E-state index contributed by atoms with van der Waals surface area (Å²) in [7, 11) is 0. The fourth-order valence-electron chi connectivity index (χ4n) is 3.30. The number of fused-ring (bicyclic) bond motifs is 1. The summed E-state index contributed by atoms with van der Waals surface area (Å²) in [5.74, 6) is 0.0527. The average molecular weight is 430 g/mol. The fourth-order valence-corrected chi connectivity index (χ4v) is 3.57. The molecule has 0 saturated heterocycles. The van der Waals surface area contributed by atoms with Gasteiger partial charge in [0, 0.05) is 41.0 Å². The Balaban J connectivity index is 1.62. The van der Waals surface area contributed by atoms with Crippen molar-refractivity contribution in [2.24, 2.45) is 0 Å². The maximum absolute atomic E-state index is 10.6. The molecule has 152 valence electrons. The lowest BCUT2D eigenvalue weighted by Crippen LogP contribution is -2.05. The molecule has 0 saturated carbocycles. The van der Waals surface area contributed by atoms with Crippen LogP contribution in [0.3, 0.4) is 0 Å². The Morgan fingerprint density at radius 3 is 2.52 bits per heavy atom. The zero-order chi connectivity index (χ0) is 21.2. The number of rotatable bonds is 5. The van der Waals surface area contributed by atoms with Gasteiger partial charge in [0.25, 0.3) is 5.88 Å². The lowest BCUT2D eigenvalue weighted by molar-refractivity contribution is 0.454. The third-order valence-electron chi connectivity index (χ3n) is 4.77. The number of aromatic amines is 1. The Morgan fingerprint density at radius 2 is 1.71 bits per heavy atom. The predicted molar refractivity (Wildman–Crippen MR) is 119 cm³/mol. The molecule has 5 rings (SSSR count). The van der Waals surface area contributed by atoms with E-state index in [1.807, 2.05) is 36.4 Å². The molecule has 0 aliphatic heterocycles. The standard InChI is InChI=1S/C22H16ClN7O/c23-17-7-15(6-16-11-27-30-18(16)17)20-19(14-4-2-1-3-5-14)28-21(22(31)29-20)26-10-13-8-24-12-25-9-13/h1-9,11-12H,10H2,(H,26,28)(H,27,30)(H,29,31). The molecule has 2 aromatic carbocycles. The molecule has 0 bridgehead atoms. The second-order valence-corrected chi connectivity index (χ2v) is 7.26. The van der Waals surface area contributed by atoms with Gasteiger partial charge in [-0.1, -0.05) is 41.9 Å². The van der Waals surface area contributed by atoms with Crippen LogP contribution in [0.5, 0.6) is 5.88 Å². The summed E-state index contributed by atoms with van der Waals surface area (Å²) in [6.07, 6.45) is 6.54.